The number of rotatable bonds is 5. The first-order chi connectivity index (χ1) is 15.8. The van der Waals surface area contributed by atoms with Gasteiger partial charge in [0.2, 0.25) is 0 Å². The van der Waals surface area contributed by atoms with Crippen LogP contribution in [0.5, 0.6) is 5.75 Å². The summed E-state index contributed by atoms with van der Waals surface area (Å²) in [7, 11) is 0. The molecule has 3 aromatic carbocycles. The molecule has 4 rings (SSSR count). The molecular weight excluding hydrogens is 416 g/mol. The first kappa shape index (κ1) is 22.0. The van der Waals surface area contributed by atoms with Gasteiger partial charge in [-0.2, -0.15) is 0 Å². The Bertz CT molecular complexity index is 1280. The van der Waals surface area contributed by atoms with E-state index in [0.29, 0.717) is 23.6 Å². The molecule has 0 aliphatic carbocycles. The number of barbiturate groups is 1. The van der Waals surface area contributed by atoms with Crippen molar-refractivity contribution in [1.82, 2.24) is 5.32 Å². The van der Waals surface area contributed by atoms with E-state index in [1.54, 1.807) is 24.3 Å². The van der Waals surface area contributed by atoms with E-state index in [1.807, 2.05) is 63.2 Å². The van der Waals surface area contributed by atoms with Crippen molar-refractivity contribution in [2.24, 2.45) is 0 Å². The third-order valence-electron chi connectivity index (χ3n) is 5.40. The number of benzene rings is 3. The van der Waals surface area contributed by atoms with E-state index in [0.717, 1.165) is 21.6 Å². The summed E-state index contributed by atoms with van der Waals surface area (Å²) in [4.78, 5) is 39.2. The van der Waals surface area contributed by atoms with E-state index in [9.17, 15) is 14.4 Å². The molecule has 3 aromatic rings. The summed E-state index contributed by atoms with van der Waals surface area (Å²) in [6.07, 6.45) is 1.47. The maximum Gasteiger partial charge on any atom is 0.335 e. The molecule has 1 aliphatic rings. The fourth-order valence-electron chi connectivity index (χ4n) is 3.55. The lowest BCUT2D eigenvalue weighted by Crippen LogP contribution is -2.54. The molecule has 6 nitrogen and oxygen atoms in total. The maximum absolute atomic E-state index is 13.2. The van der Waals surface area contributed by atoms with Crippen LogP contribution in [0.4, 0.5) is 10.5 Å². The number of hydrogen-bond donors (Lipinski definition) is 1. The van der Waals surface area contributed by atoms with Crippen molar-refractivity contribution in [2.75, 3.05) is 4.90 Å². The molecule has 1 heterocycles. The quantitative estimate of drug-likeness (QED) is 0.454. The fourth-order valence-corrected chi connectivity index (χ4v) is 3.55. The first-order valence-electron chi connectivity index (χ1n) is 10.6. The van der Waals surface area contributed by atoms with Crippen molar-refractivity contribution in [3.8, 4) is 5.75 Å². The van der Waals surface area contributed by atoms with E-state index >= 15 is 0 Å². The molecule has 0 unspecified atom stereocenters. The second kappa shape index (κ2) is 9.12. The normalized spacial score (nSPS) is 15.1. The molecule has 4 amide bonds. The van der Waals surface area contributed by atoms with Gasteiger partial charge in [-0.05, 0) is 67.3 Å². The third kappa shape index (κ3) is 4.85. The van der Waals surface area contributed by atoms with Gasteiger partial charge in [0.25, 0.3) is 11.8 Å². The van der Waals surface area contributed by atoms with E-state index < -0.39 is 17.8 Å². The number of carbonyl (C=O) groups is 3. The van der Waals surface area contributed by atoms with Gasteiger partial charge in [0.1, 0.15) is 17.9 Å². The van der Waals surface area contributed by atoms with Crippen LogP contribution in [0.15, 0.2) is 72.3 Å². The van der Waals surface area contributed by atoms with Crippen LogP contribution in [0, 0.1) is 20.8 Å². The Kier molecular flexibility index (Phi) is 6.09. The Morgan fingerprint density at radius 2 is 1.61 bits per heavy atom. The van der Waals surface area contributed by atoms with E-state index in [2.05, 4.69) is 5.32 Å². The zero-order chi connectivity index (χ0) is 23.5. The number of aryl methyl sites for hydroxylation is 3. The highest BCUT2D eigenvalue weighted by atomic mass is 16.5. The molecular formula is C27H24N2O4. The number of nitrogens with one attached hydrogen (secondary N) is 1. The summed E-state index contributed by atoms with van der Waals surface area (Å²) in [6.45, 7) is 6.11. The van der Waals surface area contributed by atoms with Gasteiger partial charge in [0.15, 0.2) is 0 Å². The molecule has 1 aliphatic heterocycles. The van der Waals surface area contributed by atoms with Crippen LogP contribution in [0.25, 0.3) is 6.08 Å². The lowest BCUT2D eigenvalue weighted by Gasteiger charge is -2.27. The van der Waals surface area contributed by atoms with Crippen molar-refractivity contribution in [3.63, 3.8) is 0 Å². The van der Waals surface area contributed by atoms with Crippen LogP contribution >= 0.6 is 0 Å². The number of urea groups is 1. The number of carbonyl (C=O) groups excluding carboxylic acids is 3. The van der Waals surface area contributed by atoms with Crippen molar-refractivity contribution in [2.45, 2.75) is 27.4 Å². The van der Waals surface area contributed by atoms with E-state index in [-0.39, 0.29) is 5.57 Å². The Morgan fingerprint density at radius 1 is 0.879 bits per heavy atom. The molecule has 33 heavy (non-hydrogen) atoms. The van der Waals surface area contributed by atoms with Gasteiger partial charge >= 0.3 is 6.03 Å². The molecule has 0 atom stereocenters. The van der Waals surface area contributed by atoms with Crippen molar-refractivity contribution >= 4 is 29.6 Å². The minimum atomic E-state index is -0.758. The standard InChI is InChI=1S/C27H24N2O4/c1-17-8-11-20(12-9-17)16-33-22-6-4-5-21(14-22)15-23-25(30)28-27(32)29(26(23)31)24-13-18(2)7-10-19(24)3/h4-15H,16H2,1-3H3,(H,28,30,32)/b23-15-. The van der Waals surface area contributed by atoms with Gasteiger partial charge in [0, 0.05) is 0 Å². The Morgan fingerprint density at radius 3 is 2.36 bits per heavy atom. The van der Waals surface area contributed by atoms with Gasteiger partial charge < -0.3 is 4.74 Å². The predicted molar refractivity (Wildman–Crippen MR) is 127 cm³/mol. The van der Waals surface area contributed by atoms with Crippen LogP contribution in [0.3, 0.4) is 0 Å². The maximum atomic E-state index is 13.2. The van der Waals surface area contributed by atoms with Gasteiger partial charge in [-0.1, -0.05) is 54.1 Å². The van der Waals surface area contributed by atoms with E-state index in [4.69, 9.17) is 4.74 Å². The molecule has 0 bridgehead atoms. The smallest absolute Gasteiger partial charge is 0.335 e. The number of amides is 4. The highest BCUT2D eigenvalue weighted by Crippen LogP contribution is 2.27. The van der Waals surface area contributed by atoms with Crippen LogP contribution < -0.4 is 15.0 Å². The van der Waals surface area contributed by atoms with Crippen LogP contribution in [-0.2, 0) is 16.2 Å². The average Bonchev–Trinajstić information content (AvgIpc) is 2.79. The molecule has 0 spiro atoms. The number of imide groups is 2. The lowest BCUT2D eigenvalue weighted by molar-refractivity contribution is -0.122. The summed E-state index contributed by atoms with van der Waals surface area (Å²) in [5.41, 5.74) is 4.81. The summed E-state index contributed by atoms with van der Waals surface area (Å²) in [5, 5.41) is 2.27. The summed E-state index contributed by atoms with van der Waals surface area (Å²) in [5.74, 6) is -0.781. The largest absolute Gasteiger partial charge is 0.489 e. The summed E-state index contributed by atoms with van der Waals surface area (Å²) < 4.78 is 5.87. The Balaban J connectivity index is 1.59. The van der Waals surface area contributed by atoms with Gasteiger partial charge in [-0.15, -0.1) is 0 Å². The number of anilines is 1. The molecule has 0 aromatic heterocycles. The van der Waals surface area contributed by atoms with Crippen molar-refractivity contribution in [3.05, 3.63) is 100 Å². The molecule has 166 valence electrons. The summed E-state index contributed by atoms with van der Waals surface area (Å²) >= 11 is 0. The van der Waals surface area contributed by atoms with Crippen molar-refractivity contribution < 1.29 is 19.1 Å². The Labute approximate surface area is 192 Å². The predicted octanol–water partition coefficient (Wildman–Crippen LogP) is 4.86. The molecule has 1 saturated heterocycles. The van der Waals surface area contributed by atoms with Crippen LogP contribution in [-0.4, -0.2) is 17.8 Å². The second-order valence-electron chi connectivity index (χ2n) is 8.09. The minimum absolute atomic E-state index is 0.119. The van der Waals surface area contributed by atoms with Crippen molar-refractivity contribution in [1.29, 1.82) is 0 Å². The minimum Gasteiger partial charge on any atom is -0.489 e. The third-order valence-corrected chi connectivity index (χ3v) is 5.40. The van der Waals surface area contributed by atoms with Crippen LogP contribution in [0.1, 0.15) is 27.8 Å². The molecule has 1 fully saturated rings. The SMILES string of the molecule is Cc1ccc(COc2cccc(/C=C3/C(=O)NC(=O)N(c4cc(C)ccc4C)C3=O)c2)cc1. The van der Waals surface area contributed by atoms with Gasteiger partial charge in [-0.25, -0.2) is 9.69 Å². The zero-order valence-electron chi connectivity index (χ0n) is 18.7. The average molecular weight is 440 g/mol. The second-order valence-corrected chi connectivity index (χ2v) is 8.09. The summed E-state index contributed by atoms with van der Waals surface area (Å²) in [6, 6.07) is 19.9. The lowest BCUT2D eigenvalue weighted by atomic mass is 10.0. The highest BCUT2D eigenvalue weighted by molar-refractivity contribution is 6.39. The van der Waals surface area contributed by atoms with Gasteiger partial charge in [-0.3, -0.25) is 14.9 Å². The Hall–Kier alpha value is -4.19. The number of nitrogens with zero attached hydrogens (tertiary/aromatic N) is 1. The zero-order valence-corrected chi connectivity index (χ0v) is 18.7. The van der Waals surface area contributed by atoms with Gasteiger partial charge in [0.05, 0.1) is 5.69 Å². The van der Waals surface area contributed by atoms with Crippen LogP contribution in [0.2, 0.25) is 0 Å². The highest BCUT2D eigenvalue weighted by Gasteiger charge is 2.37. The number of ether oxygens (including phenoxy) is 1. The topological polar surface area (TPSA) is 75.7 Å². The molecule has 0 saturated carbocycles. The molecule has 0 radical (unpaired) electrons. The molecule has 1 N–H and O–H groups in total. The number of hydrogen-bond acceptors (Lipinski definition) is 4. The first-order valence-corrected chi connectivity index (χ1v) is 10.6. The molecule has 6 heteroatoms. The van der Waals surface area contributed by atoms with E-state index in [1.165, 1.54) is 11.6 Å². The fraction of sp³-hybridized carbons (Fsp3) is 0.148. The monoisotopic (exact) mass is 440 g/mol.